The van der Waals surface area contributed by atoms with Gasteiger partial charge in [-0.25, -0.2) is 9.37 Å². The van der Waals surface area contributed by atoms with Gasteiger partial charge < -0.3 is 9.88 Å². The number of carbonyl (C=O) groups excluding carboxylic acids is 1. The lowest BCUT2D eigenvalue weighted by Gasteiger charge is -2.13. The Morgan fingerprint density at radius 1 is 1.09 bits per heavy atom. The molecule has 4 aromatic rings. The number of hydrogen-bond donors (Lipinski definition) is 1. The molecule has 1 fully saturated rings. The van der Waals surface area contributed by atoms with E-state index in [9.17, 15) is 9.18 Å². The van der Waals surface area contributed by atoms with Crippen LogP contribution in [-0.2, 0) is 12.3 Å². The number of nitrogens with one attached hydrogen (secondary N) is 1. The van der Waals surface area contributed by atoms with Crippen molar-refractivity contribution in [3.05, 3.63) is 89.5 Å². The molecule has 0 atom stereocenters. The van der Waals surface area contributed by atoms with Gasteiger partial charge in [-0.05, 0) is 48.2 Å². The molecule has 0 spiro atoms. The Labute approximate surface area is 196 Å². The van der Waals surface area contributed by atoms with Crippen LogP contribution < -0.4 is 5.32 Å². The van der Waals surface area contributed by atoms with Crippen molar-refractivity contribution in [2.24, 2.45) is 0 Å². The number of imidazole rings is 1. The first kappa shape index (κ1) is 21.6. The van der Waals surface area contributed by atoms with Crippen molar-refractivity contribution < 1.29 is 9.18 Å². The van der Waals surface area contributed by atoms with Gasteiger partial charge in [-0.1, -0.05) is 54.9 Å². The van der Waals surface area contributed by atoms with Crippen molar-refractivity contribution in [1.29, 1.82) is 0 Å². The summed E-state index contributed by atoms with van der Waals surface area (Å²) in [6, 6.07) is 16.7. The van der Waals surface area contributed by atoms with Crippen molar-refractivity contribution in [2.75, 3.05) is 0 Å². The molecule has 5 rings (SSSR count). The van der Waals surface area contributed by atoms with Gasteiger partial charge in [0, 0.05) is 23.6 Å². The van der Waals surface area contributed by atoms with Crippen LogP contribution in [0.1, 0.15) is 47.2 Å². The lowest BCUT2D eigenvalue weighted by molar-refractivity contribution is 0.0938. The topological polar surface area (TPSA) is 59.8 Å². The van der Waals surface area contributed by atoms with Gasteiger partial charge in [-0.3, -0.25) is 9.78 Å². The first-order chi connectivity index (χ1) is 16.2. The van der Waals surface area contributed by atoms with E-state index < -0.39 is 0 Å². The van der Waals surface area contributed by atoms with E-state index in [1.807, 2.05) is 36.4 Å². The van der Waals surface area contributed by atoms with E-state index in [1.165, 1.54) is 30.7 Å². The van der Waals surface area contributed by atoms with Crippen LogP contribution in [0.3, 0.4) is 0 Å². The van der Waals surface area contributed by atoms with E-state index in [2.05, 4.69) is 14.9 Å². The average molecular weight is 461 g/mol. The fourth-order valence-corrected chi connectivity index (χ4v) is 5.25. The van der Waals surface area contributed by atoms with E-state index in [0.29, 0.717) is 29.5 Å². The smallest absolute Gasteiger partial charge is 0.251 e. The molecule has 1 N–H and O–H groups in total. The van der Waals surface area contributed by atoms with Crippen LogP contribution in [0.5, 0.6) is 0 Å². The molecule has 168 valence electrons. The maximum Gasteiger partial charge on any atom is 0.251 e. The average Bonchev–Trinajstić information content (AvgIpc) is 3.47. The molecule has 0 unspecified atom stereocenters. The molecule has 1 aliphatic carbocycles. The normalized spacial score (nSPS) is 14.1. The molecule has 2 aromatic heterocycles. The van der Waals surface area contributed by atoms with E-state index in [1.54, 1.807) is 24.5 Å². The van der Waals surface area contributed by atoms with Gasteiger partial charge in [-0.2, -0.15) is 0 Å². The summed E-state index contributed by atoms with van der Waals surface area (Å²) in [5.74, 6) is 0.275. The minimum absolute atomic E-state index is 0.00753. The Morgan fingerprint density at radius 3 is 2.67 bits per heavy atom. The number of hydrogen-bond acceptors (Lipinski definition) is 4. The van der Waals surface area contributed by atoms with Gasteiger partial charge in [0.05, 0.1) is 23.8 Å². The number of carbonyl (C=O) groups is 1. The lowest BCUT2D eigenvalue weighted by atomic mass is 10.1. The summed E-state index contributed by atoms with van der Waals surface area (Å²) in [6.45, 7) is 0.590. The third-order valence-electron chi connectivity index (χ3n) is 6.08. The molecule has 2 aromatic carbocycles. The number of benzene rings is 2. The number of thioether (sulfide) groups is 1. The molecule has 5 nitrogen and oxygen atoms in total. The minimum atomic E-state index is -0.208. The summed E-state index contributed by atoms with van der Waals surface area (Å²) >= 11 is 1.51. The molecule has 2 heterocycles. The van der Waals surface area contributed by atoms with Crippen LogP contribution in [0.25, 0.3) is 11.0 Å². The zero-order valence-electron chi connectivity index (χ0n) is 18.2. The van der Waals surface area contributed by atoms with E-state index in [-0.39, 0.29) is 11.7 Å². The minimum Gasteiger partial charge on any atom is -0.349 e. The highest BCUT2D eigenvalue weighted by molar-refractivity contribution is 7.98. The van der Waals surface area contributed by atoms with E-state index in [0.717, 1.165) is 34.6 Å². The second kappa shape index (κ2) is 9.75. The maximum absolute atomic E-state index is 14.1. The standard InChI is InChI=1S/C26H25FN4OS/c27-22-8-4-1-5-20(22)17-33-26-30-23-13-14-28-15-24(23)31(26)16-18-9-11-19(12-10-18)25(32)29-21-6-2-3-7-21/h1,4-5,8-15,21H,2-3,6-7,16-17H2,(H,29,32). The molecule has 1 saturated carbocycles. The predicted molar refractivity (Wildman–Crippen MR) is 129 cm³/mol. The first-order valence-corrected chi connectivity index (χ1v) is 12.2. The fourth-order valence-electron chi connectivity index (χ4n) is 4.25. The number of pyridine rings is 1. The molecule has 7 heteroatoms. The molecular formula is C26H25FN4OS. The van der Waals surface area contributed by atoms with Crippen LogP contribution in [0.2, 0.25) is 0 Å². The maximum atomic E-state index is 14.1. The van der Waals surface area contributed by atoms with Gasteiger partial charge >= 0.3 is 0 Å². The van der Waals surface area contributed by atoms with Crippen LogP contribution in [-0.4, -0.2) is 26.5 Å². The number of rotatable bonds is 7. The third-order valence-corrected chi connectivity index (χ3v) is 7.10. The molecule has 0 radical (unpaired) electrons. The fraction of sp³-hybridized carbons (Fsp3) is 0.269. The van der Waals surface area contributed by atoms with E-state index in [4.69, 9.17) is 4.98 Å². The van der Waals surface area contributed by atoms with Crippen LogP contribution in [0.4, 0.5) is 4.39 Å². The van der Waals surface area contributed by atoms with Crippen LogP contribution in [0, 0.1) is 5.82 Å². The quantitative estimate of drug-likeness (QED) is 0.366. The van der Waals surface area contributed by atoms with E-state index >= 15 is 0 Å². The van der Waals surface area contributed by atoms with Gasteiger partial charge in [0.1, 0.15) is 5.82 Å². The van der Waals surface area contributed by atoms with Crippen molar-refractivity contribution >= 4 is 28.7 Å². The van der Waals surface area contributed by atoms with Gasteiger partial charge in [-0.15, -0.1) is 0 Å². The largest absolute Gasteiger partial charge is 0.349 e. The summed E-state index contributed by atoms with van der Waals surface area (Å²) in [6.07, 6.45) is 8.04. The number of aromatic nitrogens is 3. The number of halogens is 1. The molecule has 0 bridgehead atoms. The first-order valence-electron chi connectivity index (χ1n) is 11.2. The Hall–Kier alpha value is -3.19. The third kappa shape index (κ3) is 4.93. The Kier molecular flexibility index (Phi) is 6.39. The molecular weight excluding hydrogens is 435 g/mol. The Bertz CT molecular complexity index is 1270. The summed E-state index contributed by atoms with van der Waals surface area (Å²) in [4.78, 5) is 21.6. The number of fused-ring (bicyclic) bond motifs is 1. The summed E-state index contributed by atoms with van der Waals surface area (Å²) in [5.41, 5.74) is 4.17. The van der Waals surface area contributed by atoms with Crippen LogP contribution >= 0.6 is 11.8 Å². The van der Waals surface area contributed by atoms with Crippen molar-refractivity contribution in [3.63, 3.8) is 0 Å². The Morgan fingerprint density at radius 2 is 1.88 bits per heavy atom. The van der Waals surface area contributed by atoms with Crippen LogP contribution in [0.15, 0.2) is 72.1 Å². The van der Waals surface area contributed by atoms with Crippen molar-refractivity contribution in [3.8, 4) is 0 Å². The SMILES string of the molecule is O=C(NC1CCCC1)c1ccc(Cn2c(SCc3ccccc3F)nc3ccncc32)cc1. The monoisotopic (exact) mass is 460 g/mol. The molecule has 1 amide bonds. The molecule has 0 saturated heterocycles. The van der Waals surface area contributed by atoms with Gasteiger partial charge in [0.2, 0.25) is 0 Å². The zero-order valence-corrected chi connectivity index (χ0v) is 19.0. The van der Waals surface area contributed by atoms with Crippen molar-refractivity contribution in [2.45, 2.75) is 49.2 Å². The number of nitrogens with zero attached hydrogens (tertiary/aromatic N) is 3. The lowest BCUT2D eigenvalue weighted by Crippen LogP contribution is -2.32. The number of amides is 1. The highest BCUT2D eigenvalue weighted by Crippen LogP contribution is 2.28. The van der Waals surface area contributed by atoms with Crippen molar-refractivity contribution in [1.82, 2.24) is 19.9 Å². The Balaban J connectivity index is 1.35. The molecule has 1 aliphatic rings. The zero-order chi connectivity index (χ0) is 22.6. The van der Waals surface area contributed by atoms with Gasteiger partial charge in [0.25, 0.3) is 5.91 Å². The molecule has 33 heavy (non-hydrogen) atoms. The summed E-state index contributed by atoms with van der Waals surface area (Å²) in [5, 5.41) is 3.94. The summed E-state index contributed by atoms with van der Waals surface area (Å²) in [7, 11) is 0. The predicted octanol–water partition coefficient (Wildman–Crippen LogP) is 5.58. The molecule has 0 aliphatic heterocycles. The highest BCUT2D eigenvalue weighted by atomic mass is 32.2. The summed E-state index contributed by atoms with van der Waals surface area (Å²) < 4.78 is 16.2. The second-order valence-electron chi connectivity index (χ2n) is 8.38. The highest BCUT2D eigenvalue weighted by Gasteiger charge is 2.18. The van der Waals surface area contributed by atoms with Gasteiger partial charge in [0.15, 0.2) is 5.16 Å². The second-order valence-corrected chi connectivity index (χ2v) is 9.32.